The van der Waals surface area contributed by atoms with Gasteiger partial charge in [-0.15, -0.1) is 11.8 Å². The van der Waals surface area contributed by atoms with E-state index in [9.17, 15) is 9.59 Å². The van der Waals surface area contributed by atoms with E-state index >= 15 is 0 Å². The summed E-state index contributed by atoms with van der Waals surface area (Å²) in [4.78, 5) is 24.5. The number of carbonyl (C=O) groups excluding carboxylic acids is 2. The van der Waals surface area contributed by atoms with E-state index in [0.29, 0.717) is 33.7 Å². The molecule has 0 saturated carbocycles. The lowest BCUT2D eigenvalue weighted by Crippen LogP contribution is -2.12. The molecule has 2 aromatic carbocycles. The van der Waals surface area contributed by atoms with Crippen LogP contribution in [0.5, 0.6) is 0 Å². The van der Waals surface area contributed by atoms with Crippen molar-refractivity contribution in [1.29, 1.82) is 0 Å². The molecule has 0 aliphatic heterocycles. The SMILES string of the molecule is CCOC(=O)/C=C/CSc1cccc(NC(=O)c2ccc(Cl)cc2Cl)c1. The third-order valence-electron chi connectivity index (χ3n) is 3.15. The Kier molecular flexibility index (Phi) is 8.04. The van der Waals surface area contributed by atoms with Crippen LogP contribution in [0.2, 0.25) is 10.0 Å². The molecule has 0 atom stereocenters. The van der Waals surface area contributed by atoms with E-state index in [-0.39, 0.29) is 11.9 Å². The van der Waals surface area contributed by atoms with E-state index in [1.165, 1.54) is 23.9 Å². The molecule has 0 unspecified atom stereocenters. The summed E-state index contributed by atoms with van der Waals surface area (Å²) in [5.74, 6) is -0.0517. The van der Waals surface area contributed by atoms with Gasteiger partial charge in [0.15, 0.2) is 0 Å². The summed E-state index contributed by atoms with van der Waals surface area (Å²) >= 11 is 13.4. The van der Waals surface area contributed by atoms with E-state index in [4.69, 9.17) is 27.9 Å². The van der Waals surface area contributed by atoms with Crippen LogP contribution in [0.15, 0.2) is 59.5 Å². The van der Waals surface area contributed by atoms with Crippen molar-refractivity contribution in [3.63, 3.8) is 0 Å². The van der Waals surface area contributed by atoms with Gasteiger partial charge in [0, 0.05) is 27.4 Å². The first-order valence-corrected chi connectivity index (χ1v) is 9.56. The molecule has 0 bridgehead atoms. The fourth-order valence-electron chi connectivity index (χ4n) is 2.01. The van der Waals surface area contributed by atoms with Crippen molar-refractivity contribution in [2.24, 2.45) is 0 Å². The molecular formula is C19H17Cl2NO3S. The van der Waals surface area contributed by atoms with E-state index in [1.807, 2.05) is 18.2 Å². The maximum Gasteiger partial charge on any atom is 0.330 e. The lowest BCUT2D eigenvalue weighted by molar-refractivity contribution is -0.137. The van der Waals surface area contributed by atoms with Crippen LogP contribution in [0.4, 0.5) is 5.69 Å². The second-order valence-electron chi connectivity index (χ2n) is 5.07. The van der Waals surface area contributed by atoms with E-state index < -0.39 is 0 Å². The van der Waals surface area contributed by atoms with Gasteiger partial charge in [-0.1, -0.05) is 35.3 Å². The van der Waals surface area contributed by atoms with Crippen molar-refractivity contribution in [1.82, 2.24) is 0 Å². The van der Waals surface area contributed by atoms with Gasteiger partial charge in [-0.2, -0.15) is 0 Å². The van der Waals surface area contributed by atoms with Crippen molar-refractivity contribution in [2.45, 2.75) is 11.8 Å². The van der Waals surface area contributed by atoms with Crippen molar-refractivity contribution in [3.8, 4) is 0 Å². The Morgan fingerprint density at radius 2 is 2.00 bits per heavy atom. The molecule has 0 aliphatic rings. The maximum atomic E-state index is 12.3. The molecule has 1 N–H and O–H groups in total. The number of benzene rings is 2. The smallest absolute Gasteiger partial charge is 0.330 e. The number of nitrogens with one attached hydrogen (secondary N) is 1. The summed E-state index contributed by atoms with van der Waals surface area (Å²) in [6.07, 6.45) is 3.14. The molecule has 136 valence electrons. The average molecular weight is 410 g/mol. The van der Waals surface area contributed by atoms with E-state index in [1.54, 1.807) is 31.2 Å². The van der Waals surface area contributed by atoms with Crippen molar-refractivity contribution >= 4 is 52.5 Å². The van der Waals surface area contributed by atoms with Crippen LogP contribution in [0, 0.1) is 0 Å². The third kappa shape index (κ3) is 6.41. The molecule has 2 aromatic rings. The largest absolute Gasteiger partial charge is 0.463 e. The fraction of sp³-hybridized carbons (Fsp3) is 0.158. The number of esters is 1. The molecule has 0 radical (unpaired) electrons. The van der Waals surface area contributed by atoms with E-state index in [0.717, 1.165) is 4.90 Å². The lowest BCUT2D eigenvalue weighted by atomic mass is 10.2. The molecule has 0 aromatic heterocycles. The van der Waals surface area contributed by atoms with Crippen LogP contribution in [-0.2, 0) is 9.53 Å². The Morgan fingerprint density at radius 3 is 2.73 bits per heavy atom. The van der Waals surface area contributed by atoms with Crippen LogP contribution in [-0.4, -0.2) is 24.2 Å². The second kappa shape index (κ2) is 10.3. The number of rotatable bonds is 7. The predicted octanol–water partition coefficient (Wildman–Crippen LogP) is 5.46. The Hall–Kier alpha value is -1.95. The minimum atomic E-state index is -0.353. The summed E-state index contributed by atoms with van der Waals surface area (Å²) in [6, 6.07) is 12.1. The molecule has 0 saturated heterocycles. The molecule has 26 heavy (non-hydrogen) atoms. The maximum absolute atomic E-state index is 12.3. The van der Waals surface area contributed by atoms with Crippen molar-refractivity contribution in [3.05, 3.63) is 70.2 Å². The first-order valence-electron chi connectivity index (χ1n) is 7.82. The zero-order chi connectivity index (χ0) is 18.9. The molecular weight excluding hydrogens is 393 g/mol. The van der Waals surface area contributed by atoms with Crippen LogP contribution < -0.4 is 5.32 Å². The van der Waals surface area contributed by atoms with Gasteiger partial charge in [0.2, 0.25) is 0 Å². The van der Waals surface area contributed by atoms with Gasteiger partial charge in [0.05, 0.1) is 17.2 Å². The number of hydrogen-bond acceptors (Lipinski definition) is 4. The molecule has 0 fully saturated rings. The van der Waals surface area contributed by atoms with Gasteiger partial charge in [-0.05, 0) is 43.3 Å². The zero-order valence-electron chi connectivity index (χ0n) is 14.0. The number of ether oxygens (including phenoxy) is 1. The molecule has 4 nitrogen and oxygen atoms in total. The highest BCUT2D eigenvalue weighted by Crippen LogP contribution is 2.24. The predicted molar refractivity (Wildman–Crippen MR) is 107 cm³/mol. The molecule has 7 heteroatoms. The van der Waals surface area contributed by atoms with Gasteiger partial charge in [0.1, 0.15) is 0 Å². The van der Waals surface area contributed by atoms with Crippen LogP contribution in [0.1, 0.15) is 17.3 Å². The van der Waals surface area contributed by atoms with Crippen LogP contribution in [0.3, 0.4) is 0 Å². The molecule has 0 spiro atoms. The summed E-state index contributed by atoms with van der Waals surface area (Å²) in [5.41, 5.74) is 1.01. The highest BCUT2D eigenvalue weighted by Gasteiger charge is 2.11. The van der Waals surface area contributed by atoms with Gasteiger partial charge >= 0.3 is 5.97 Å². The van der Waals surface area contributed by atoms with Gasteiger partial charge in [-0.25, -0.2) is 4.79 Å². The summed E-state index contributed by atoms with van der Waals surface area (Å²) in [6.45, 7) is 2.12. The normalized spacial score (nSPS) is 10.7. The standard InChI is InChI=1S/C19H17Cl2NO3S/c1-2-25-18(23)7-4-10-26-15-6-3-5-14(12-15)22-19(24)16-9-8-13(20)11-17(16)21/h3-9,11-12H,2,10H2,1H3,(H,22,24)/b7-4+. The number of thioether (sulfide) groups is 1. The number of halogens is 2. The number of amides is 1. The molecule has 1 amide bonds. The summed E-state index contributed by atoms with van der Waals surface area (Å²) in [7, 11) is 0. The van der Waals surface area contributed by atoms with Crippen molar-refractivity contribution < 1.29 is 14.3 Å². The lowest BCUT2D eigenvalue weighted by Gasteiger charge is -2.08. The van der Waals surface area contributed by atoms with Gasteiger partial charge in [0.25, 0.3) is 5.91 Å². The Morgan fingerprint density at radius 1 is 1.19 bits per heavy atom. The Labute approximate surface area is 166 Å². The minimum absolute atomic E-state index is 0.296. The number of carbonyl (C=O) groups is 2. The minimum Gasteiger partial charge on any atom is -0.463 e. The van der Waals surface area contributed by atoms with E-state index in [2.05, 4.69) is 5.32 Å². The second-order valence-corrected chi connectivity index (χ2v) is 7.01. The van der Waals surface area contributed by atoms with Crippen LogP contribution in [0.25, 0.3) is 0 Å². The number of hydrogen-bond donors (Lipinski definition) is 1. The Bertz CT molecular complexity index is 824. The molecule has 2 rings (SSSR count). The summed E-state index contributed by atoms with van der Waals surface area (Å²) < 4.78 is 4.81. The first kappa shape index (κ1) is 20.4. The molecule has 0 aliphatic carbocycles. The number of anilines is 1. The van der Waals surface area contributed by atoms with Gasteiger partial charge in [-0.3, -0.25) is 4.79 Å². The zero-order valence-corrected chi connectivity index (χ0v) is 16.3. The van der Waals surface area contributed by atoms with Crippen molar-refractivity contribution in [2.75, 3.05) is 17.7 Å². The van der Waals surface area contributed by atoms with Gasteiger partial charge < -0.3 is 10.1 Å². The van der Waals surface area contributed by atoms with Crippen LogP contribution >= 0.6 is 35.0 Å². The third-order valence-corrected chi connectivity index (χ3v) is 4.65. The molecule has 0 heterocycles. The monoisotopic (exact) mass is 409 g/mol. The fourth-order valence-corrected chi connectivity index (χ4v) is 3.28. The quantitative estimate of drug-likeness (QED) is 0.374. The highest BCUT2D eigenvalue weighted by atomic mass is 35.5. The highest BCUT2D eigenvalue weighted by molar-refractivity contribution is 7.99. The topological polar surface area (TPSA) is 55.4 Å². The summed E-state index contributed by atoms with van der Waals surface area (Å²) in [5, 5.41) is 3.58. The Balaban J connectivity index is 1.96. The average Bonchev–Trinajstić information content (AvgIpc) is 2.59. The first-order chi connectivity index (χ1) is 12.5.